The average Bonchev–Trinajstić information content (AvgIpc) is 2.58. The molecule has 5 nitrogen and oxygen atoms in total. The van der Waals surface area contributed by atoms with Crippen molar-refractivity contribution in [3.05, 3.63) is 34.3 Å². The molecule has 7 heteroatoms. The minimum absolute atomic E-state index is 0. The molecule has 0 aliphatic carbocycles. The van der Waals surface area contributed by atoms with Crippen LogP contribution >= 0.6 is 39.9 Å². The molecule has 0 atom stereocenters. The molecule has 0 spiro atoms. The molecular weight excluding hydrogens is 497 g/mol. The Balaban J connectivity index is 0.00000576. The third-order valence-electron chi connectivity index (χ3n) is 3.42. The summed E-state index contributed by atoms with van der Waals surface area (Å²) < 4.78 is 11.5. The van der Waals surface area contributed by atoms with Crippen LogP contribution in [0.2, 0.25) is 0 Å². The second-order valence-corrected chi connectivity index (χ2v) is 6.45. The first kappa shape index (κ1) is 24.6. The number of ether oxygens (including phenoxy) is 2. The van der Waals surface area contributed by atoms with Crippen LogP contribution in [-0.2, 0) is 16.0 Å². The minimum atomic E-state index is 0. The van der Waals surface area contributed by atoms with Crippen LogP contribution in [0.25, 0.3) is 0 Å². The Hall–Kier alpha value is -0.380. The molecule has 0 saturated carbocycles. The molecule has 0 aliphatic heterocycles. The summed E-state index contributed by atoms with van der Waals surface area (Å²) in [4.78, 5) is 6.86. The standard InChI is InChI=1S/C18H30BrN3O2.HI/c1-4-20-18(21-11-5-6-12-24-14-13-23-3)22(2)15-16-7-9-17(19)10-8-16;/h7-10H,4-6,11-15H2,1-3H3,(H,20,21);1H. The summed E-state index contributed by atoms with van der Waals surface area (Å²) in [5.41, 5.74) is 1.26. The second-order valence-electron chi connectivity index (χ2n) is 5.53. The quantitative estimate of drug-likeness (QED) is 0.205. The Kier molecular flexibility index (Phi) is 15.6. The number of rotatable bonds is 11. The predicted octanol–water partition coefficient (Wildman–Crippen LogP) is 3.91. The monoisotopic (exact) mass is 527 g/mol. The smallest absolute Gasteiger partial charge is 0.193 e. The first-order valence-electron chi connectivity index (χ1n) is 8.48. The van der Waals surface area contributed by atoms with E-state index >= 15 is 0 Å². The molecule has 1 rings (SSSR count). The van der Waals surface area contributed by atoms with Crippen molar-refractivity contribution in [1.29, 1.82) is 0 Å². The molecule has 0 aliphatic rings. The second kappa shape index (κ2) is 15.8. The van der Waals surface area contributed by atoms with Gasteiger partial charge in [0.2, 0.25) is 0 Å². The molecule has 25 heavy (non-hydrogen) atoms. The van der Waals surface area contributed by atoms with Gasteiger partial charge in [0, 0.05) is 44.9 Å². The summed E-state index contributed by atoms with van der Waals surface area (Å²) in [7, 11) is 3.75. The van der Waals surface area contributed by atoms with Crippen molar-refractivity contribution in [2.24, 2.45) is 4.99 Å². The third kappa shape index (κ3) is 11.8. The number of hydrogen-bond donors (Lipinski definition) is 1. The van der Waals surface area contributed by atoms with Gasteiger partial charge in [-0.3, -0.25) is 4.99 Å². The van der Waals surface area contributed by atoms with Gasteiger partial charge in [-0.25, -0.2) is 0 Å². The maximum absolute atomic E-state index is 5.46. The molecule has 0 aromatic heterocycles. The molecule has 0 amide bonds. The van der Waals surface area contributed by atoms with E-state index < -0.39 is 0 Å². The van der Waals surface area contributed by atoms with Gasteiger partial charge in [-0.1, -0.05) is 28.1 Å². The van der Waals surface area contributed by atoms with E-state index in [0.717, 1.165) is 49.5 Å². The lowest BCUT2D eigenvalue weighted by molar-refractivity contribution is 0.0690. The molecule has 144 valence electrons. The zero-order chi connectivity index (χ0) is 17.6. The van der Waals surface area contributed by atoms with Gasteiger partial charge < -0.3 is 19.7 Å². The lowest BCUT2D eigenvalue weighted by Gasteiger charge is -2.22. The topological polar surface area (TPSA) is 46.1 Å². The minimum Gasteiger partial charge on any atom is -0.382 e. The molecule has 1 N–H and O–H groups in total. The van der Waals surface area contributed by atoms with Crippen LogP contribution in [0.4, 0.5) is 0 Å². The summed E-state index contributed by atoms with van der Waals surface area (Å²) >= 11 is 3.47. The van der Waals surface area contributed by atoms with E-state index in [-0.39, 0.29) is 24.0 Å². The third-order valence-corrected chi connectivity index (χ3v) is 3.95. The van der Waals surface area contributed by atoms with Gasteiger partial charge in [-0.05, 0) is 37.5 Å². The van der Waals surface area contributed by atoms with Crippen LogP contribution in [0.3, 0.4) is 0 Å². The summed E-state index contributed by atoms with van der Waals surface area (Å²) in [6, 6.07) is 8.39. The van der Waals surface area contributed by atoms with Crippen LogP contribution in [0, 0.1) is 0 Å². The largest absolute Gasteiger partial charge is 0.382 e. The average molecular weight is 528 g/mol. The highest BCUT2D eigenvalue weighted by Crippen LogP contribution is 2.11. The normalized spacial score (nSPS) is 11.1. The molecular formula is C18H31BrIN3O2. The van der Waals surface area contributed by atoms with E-state index in [2.05, 4.69) is 64.4 Å². The predicted molar refractivity (Wildman–Crippen MR) is 119 cm³/mol. The summed E-state index contributed by atoms with van der Waals surface area (Å²) in [6.45, 7) is 6.68. The highest BCUT2D eigenvalue weighted by atomic mass is 127. The zero-order valence-electron chi connectivity index (χ0n) is 15.5. The Morgan fingerprint density at radius 2 is 1.88 bits per heavy atom. The first-order chi connectivity index (χ1) is 11.7. The SMILES string of the molecule is CCNC(=NCCCCOCCOC)N(C)Cc1ccc(Br)cc1.I. The fourth-order valence-corrected chi connectivity index (χ4v) is 2.42. The molecule has 0 fully saturated rings. The van der Waals surface area contributed by atoms with E-state index in [0.29, 0.717) is 13.2 Å². The van der Waals surface area contributed by atoms with Crippen LogP contribution in [-0.4, -0.2) is 57.9 Å². The molecule has 0 radical (unpaired) electrons. The lowest BCUT2D eigenvalue weighted by Crippen LogP contribution is -2.38. The highest BCUT2D eigenvalue weighted by Gasteiger charge is 2.06. The van der Waals surface area contributed by atoms with Crippen molar-refractivity contribution in [3.8, 4) is 0 Å². The number of methoxy groups -OCH3 is 1. The molecule has 0 heterocycles. The summed E-state index contributed by atoms with van der Waals surface area (Å²) in [6.07, 6.45) is 2.04. The van der Waals surface area contributed by atoms with Crippen molar-refractivity contribution in [3.63, 3.8) is 0 Å². The van der Waals surface area contributed by atoms with E-state index in [9.17, 15) is 0 Å². The number of halogens is 2. The van der Waals surface area contributed by atoms with Gasteiger partial charge in [-0.2, -0.15) is 0 Å². The van der Waals surface area contributed by atoms with Crippen LogP contribution < -0.4 is 5.32 Å². The van der Waals surface area contributed by atoms with E-state index in [1.807, 2.05) is 0 Å². The van der Waals surface area contributed by atoms with Gasteiger partial charge >= 0.3 is 0 Å². The highest BCUT2D eigenvalue weighted by molar-refractivity contribution is 14.0. The number of nitrogens with zero attached hydrogens (tertiary/aromatic N) is 2. The maximum Gasteiger partial charge on any atom is 0.193 e. The van der Waals surface area contributed by atoms with Crippen LogP contribution in [0.1, 0.15) is 25.3 Å². The van der Waals surface area contributed by atoms with E-state index in [1.54, 1.807) is 7.11 Å². The molecule has 0 bridgehead atoms. The van der Waals surface area contributed by atoms with E-state index in [1.165, 1.54) is 5.56 Å². The van der Waals surface area contributed by atoms with Crippen molar-refractivity contribution in [2.75, 3.05) is 47.1 Å². The summed E-state index contributed by atoms with van der Waals surface area (Å²) in [5, 5.41) is 3.35. The lowest BCUT2D eigenvalue weighted by atomic mass is 10.2. The van der Waals surface area contributed by atoms with Gasteiger partial charge in [0.25, 0.3) is 0 Å². The van der Waals surface area contributed by atoms with Crippen molar-refractivity contribution >= 4 is 45.9 Å². The van der Waals surface area contributed by atoms with Crippen molar-refractivity contribution < 1.29 is 9.47 Å². The van der Waals surface area contributed by atoms with Gasteiger partial charge in [0.05, 0.1) is 13.2 Å². The van der Waals surface area contributed by atoms with Gasteiger partial charge in [0.15, 0.2) is 5.96 Å². The Morgan fingerprint density at radius 1 is 1.16 bits per heavy atom. The molecule has 1 aromatic rings. The number of unbranched alkanes of at least 4 members (excludes halogenated alkanes) is 1. The Bertz CT molecular complexity index is 472. The Labute approximate surface area is 177 Å². The van der Waals surface area contributed by atoms with Crippen LogP contribution in [0.15, 0.2) is 33.7 Å². The Morgan fingerprint density at radius 3 is 2.52 bits per heavy atom. The van der Waals surface area contributed by atoms with Crippen LogP contribution in [0.5, 0.6) is 0 Å². The van der Waals surface area contributed by atoms with Gasteiger partial charge in [0.1, 0.15) is 0 Å². The maximum atomic E-state index is 5.46. The van der Waals surface area contributed by atoms with Gasteiger partial charge in [-0.15, -0.1) is 24.0 Å². The number of guanidine groups is 1. The molecule has 0 saturated heterocycles. The van der Waals surface area contributed by atoms with Crippen molar-refractivity contribution in [2.45, 2.75) is 26.3 Å². The van der Waals surface area contributed by atoms with Crippen molar-refractivity contribution in [1.82, 2.24) is 10.2 Å². The van der Waals surface area contributed by atoms with E-state index in [4.69, 9.17) is 14.5 Å². The molecule has 1 aromatic carbocycles. The summed E-state index contributed by atoms with van der Waals surface area (Å²) in [5.74, 6) is 0.945. The zero-order valence-corrected chi connectivity index (χ0v) is 19.4. The molecule has 0 unspecified atom stereocenters. The number of nitrogens with one attached hydrogen (secondary N) is 1. The number of hydrogen-bond acceptors (Lipinski definition) is 3. The number of aliphatic imine (C=N–C) groups is 1. The fourth-order valence-electron chi connectivity index (χ4n) is 2.15. The first-order valence-corrected chi connectivity index (χ1v) is 9.27. The fraction of sp³-hybridized carbons (Fsp3) is 0.611. The number of benzene rings is 1.